The highest BCUT2D eigenvalue weighted by Crippen LogP contribution is 2.25. The zero-order chi connectivity index (χ0) is 13.8. The second kappa shape index (κ2) is 5.66. The lowest BCUT2D eigenvalue weighted by Gasteiger charge is -2.14. The minimum atomic E-state index is -0.653. The van der Waals surface area contributed by atoms with E-state index in [1.807, 2.05) is 0 Å². The fourth-order valence-corrected chi connectivity index (χ4v) is 2.20. The predicted molar refractivity (Wildman–Crippen MR) is 71.9 cm³/mol. The van der Waals surface area contributed by atoms with Crippen molar-refractivity contribution in [3.63, 3.8) is 0 Å². The molecule has 0 atom stereocenters. The van der Waals surface area contributed by atoms with Crippen LogP contribution in [0.15, 0.2) is 28.7 Å². The van der Waals surface area contributed by atoms with Crippen molar-refractivity contribution in [2.24, 2.45) is 10.1 Å². The van der Waals surface area contributed by atoms with E-state index in [2.05, 4.69) is 4.40 Å². The summed E-state index contributed by atoms with van der Waals surface area (Å²) in [6, 6.07) is 6.95. The Morgan fingerprint density at radius 1 is 1.37 bits per heavy atom. The molecule has 0 aliphatic carbocycles. The largest absolute Gasteiger partial charge is 0.359 e. The third kappa shape index (κ3) is 2.65. The SMILES string of the molecule is NC(=O)S/N=C1/c2ccccc2C(=O)N1CCC=O. The number of carbonyl (C=O) groups excluding carboxylic acids is 3. The van der Waals surface area contributed by atoms with Gasteiger partial charge in [0.25, 0.3) is 11.1 Å². The Bertz CT molecular complexity index is 571. The van der Waals surface area contributed by atoms with Crippen molar-refractivity contribution in [3.8, 4) is 0 Å². The van der Waals surface area contributed by atoms with Crippen molar-refractivity contribution in [1.29, 1.82) is 0 Å². The van der Waals surface area contributed by atoms with Crippen molar-refractivity contribution in [1.82, 2.24) is 4.90 Å². The quantitative estimate of drug-likeness (QED) is 0.661. The number of hydrogen-bond acceptors (Lipinski definition) is 5. The van der Waals surface area contributed by atoms with Crippen molar-refractivity contribution in [3.05, 3.63) is 35.4 Å². The van der Waals surface area contributed by atoms with Gasteiger partial charge in [-0.2, -0.15) is 4.40 Å². The molecule has 1 aliphatic heterocycles. The van der Waals surface area contributed by atoms with E-state index in [0.29, 0.717) is 28.9 Å². The molecule has 0 fully saturated rings. The van der Waals surface area contributed by atoms with Gasteiger partial charge in [0.15, 0.2) is 5.84 Å². The number of hydrogen-bond donors (Lipinski definition) is 1. The number of amides is 2. The maximum absolute atomic E-state index is 12.2. The number of carbonyl (C=O) groups is 3. The standard InChI is InChI=1S/C12H11N3O3S/c13-12(18)19-14-10-8-4-1-2-5-9(8)11(17)15(10)6-3-7-16/h1-2,4-5,7H,3,6H2,(H2,13,18)/b14-10-. The molecule has 1 heterocycles. The topological polar surface area (TPSA) is 92.8 Å². The molecule has 2 rings (SSSR count). The molecule has 0 saturated carbocycles. The number of benzene rings is 1. The molecule has 7 heteroatoms. The molecule has 0 unspecified atom stereocenters. The Hall–Kier alpha value is -2.15. The monoisotopic (exact) mass is 277 g/mol. The van der Waals surface area contributed by atoms with Gasteiger partial charge < -0.3 is 10.5 Å². The van der Waals surface area contributed by atoms with E-state index < -0.39 is 5.24 Å². The third-order valence-corrected chi connectivity index (χ3v) is 3.04. The molecule has 2 N–H and O–H groups in total. The van der Waals surface area contributed by atoms with Gasteiger partial charge in [0.05, 0.1) is 17.5 Å². The Morgan fingerprint density at radius 2 is 2.05 bits per heavy atom. The average Bonchev–Trinajstić information content (AvgIpc) is 2.67. The summed E-state index contributed by atoms with van der Waals surface area (Å²) in [7, 11) is 0. The minimum Gasteiger partial charge on any atom is -0.359 e. The van der Waals surface area contributed by atoms with E-state index in [0.717, 1.165) is 6.29 Å². The van der Waals surface area contributed by atoms with Gasteiger partial charge in [-0.3, -0.25) is 14.5 Å². The van der Waals surface area contributed by atoms with E-state index in [-0.39, 0.29) is 18.9 Å². The lowest BCUT2D eigenvalue weighted by molar-refractivity contribution is -0.107. The van der Waals surface area contributed by atoms with Crippen molar-refractivity contribution >= 4 is 35.2 Å². The van der Waals surface area contributed by atoms with Crippen LogP contribution in [0.25, 0.3) is 0 Å². The molecule has 1 aromatic carbocycles. The van der Waals surface area contributed by atoms with Crippen molar-refractivity contribution in [2.75, 3.05) is 6.54 Å². The van der Waals surface area contributed by atoms with E-state index in [4.69, 9.17) is 5.73 Å². The average molecular weight is 277 g/mol. The van der Waals surface area contributed by atoms with Crippen molar-refractivity contribution < 1.29 is 14.4 Å². The third-order valence-electron chi connectivity index (χ3n) is 2.59. The second-order valence-corrected chi connectivity index (χ2v) is 4.55. The number of aldehydes is 1. The molecule has 0 aromatic heterocycles. The zero-order valence-corrected chi connectivity index (χ0v) is 10.7. The van der Waals surface area contributed by atoms with Crippen LogP contribution in [-0.4, -0.2) is 34.7 Å². The summed E-state index contributed by atoms with van der Waals surface area (Å²) in [5.74, 6) is 0.146. The molecule has 2 amide bonds. The van der Waals surface area contributed by atoms with Gasteiger partial charge in [-0.05, 0) is 6.07 Å². The summed E-state index contributed by atoms with van der Waals surface area (Å²) >= 11 is 0.576. The lowest BCUT2D eigenvalue weighted by Crippen LogP contribution is -2.31. The second-order valence-electron chi connectivity index (χ2n) is 3.78. The molecule has 0 radical (unpaired) electrons. The fraction of sp³-hybridized carbons (Fsp3) is 0.167. The molecule has 1 aromatic rings. The molecule has 19 heavy (non-hydrogen) atoms. The summed E-state index contributed by atoms with van der Waals surface area (Å²) < 4.78 is 4.00. The van der Waals surface area contributed by atoms with Crippen LogP contribution < -0.4 is 5.73 Å². The molecular weight excluding hydrogens is 266 g/mol. The molecule has 0 saturated heterocycles. The minimum absolute atomic E-state index is 0.208. The Balaban J connectivity index is 2.39. The van der Waals surface area contributed by atoms with Gasteiger partial charge in [0.2, 0.25) is 0 Å². The maximum atomic E-state index is 12.2. The molecular formula is C12H11N3O3S. The first-order valence-corrected chi connectivity index (χ1v) is 6.32. The number of nitrogens with zero attached hydrogens (tertiary/aromatic N) is 2. The van der Waals surface area contributed by atoms with E-state index in [1.165, 1.54) is 4.90 Å². The highest BCUT2D eigenvalue weighted by Gasteiger charge is 2.33. The zero-order valence-electron chi connectivity index (χ0n) is 9.91. The lowest BCUT2D eigenvalue weighted by atomic mass is 10.1. The van der Waals surface area contributed by atoms with Gasteiger partial charge >= 0.3 is 0 Å². The van der Waals surface area contributed by atoms with Crippen LogP contribution in [0.5, 0.6) is 0 Å². The van der Waals surface area contributed by atoms with Crippen LogP contribution in [0.3, 0.4) is 0 Å². The summed E-state index contributed by atoms with van der Waals surface area (Å²) in [6.45, 7) is 0.231. The summed E-state index contributed by atoms with van der Waals surface area (Å²) in [6.07, 6.45) is 0.940. The van der Waals surface area contributed by atoms with Crippen LogP contribution in [0, 0.1) is 0 Å². The van der Waals surface area contributed by atoms with Gasteiger partial charge in [-0.25, -0.2) is 0 Å². The number of rotatable bonds is 4. The molecule has 98 valence electrons. The highest BCUT2D eigenvalue weighted by molar-refractivity contribution is 8.12. The number of primary amides is 1. The number of fused-ring (bicyclic) bond motifs is 1. The fourth-order valence-electron chi connectivity index (χ4n) is 1.83. The van der Waals surface area contributed by atoms with Gasteiger partial charge in [0.1, 0.15) is 6.29 Å². The van der Waals surface area contributed by atoms with E-state index in [1.54, 1.807) is 24.3 Å². The first-order valence-electron chi connectivity index (χ1n) is 5.54. The van der Waals surface area contributed by atoms with E-state index >= 15 is 0 Å². The smallest absolute Gasteiger partial charge is 0.299 e. The summed E-state index contributed by atoms with van der Waals surface area (Å²) in [5, 5.41) is -0.653. The Morgan fingerprint density at radius 3 is 2.68 bits per heavy atom. The molecule has 0 spiro atoms. The number of amidine groups is 1. The van der Waals surface area contributed by atoms with E-state index in [9.17, 15) is 14.4 Å². The summed E-state index contributed by atoms with van der Waals surface area (Å²) in [5.41, 5.74) is 6.18. The first-order chi connectivity index (χ1) is 9.15. The maximum Gasteiger partial charge on any atom is 0.299 e. The van der Waals surface area contributed by atoms with Gasteiger partial charge in [0, 0.05) is 18.5 Å². The first kappa shape index (κ1) is 13.3. The normalized spacial score (nSPS) is 15.7. The highest BCUT2D eigenvalue weighted by atomic mass is 32.2. The van der Waals surface area contributed by atoms with Gasteiger partial charge in [-0.1, -0.05) is 18.2 Å². The van der Waals surface area contributed by atoms with Gasteiger partial charge in [-0.15, -0.1) is 0 Å². The Kier molecular flexibility index (Phi) is 3.96. The van der Waals surface area contributed by atoms with Crippen LogP contribution in [0.4, 0.5) is 4.79 Å². The van der Waals surface area contributed by atoms with Crippen molar-refractivity contribution in [2.45, 2.75) is 6.42 Å². The summed E-state index contributed by atoms with van der Waals surface area (Å²) in [4.78, 5) is 34.8. The molecule has 0 bridgehead atoms. The van der Waals surface area contributed by atoms with Crippen LogP contribution in [0.2, 0.25) is 0 Å². The molecule has 1 aliphatic rings. The predicted octanol–water partition coefficient (Wildman–Crippen LogP) is 1.20. The van der Waals surface area contributed by atoms with Crippen LogP contribution >= 0.6 is 11.9 Å². The molecule has 6 nitrogen and oxygen atoms in total. The van der Waals surface area contributed by atoms with Crippen LogP contribution in [0.1, 0.15) is 22.3 Å². The van der Waals surface area contributed by atoms with Crippen LogP contribution in [-0.2, 0) is 4.79 Å². The Labute approximate surface area is 113 Å². The number of nitrogens with two attached hydrogens (primary N) is 1.